The zero-order chi connectivity index (χ0) is 19.0. The lowest BCUT2D eigenvalue weighted by molar-refractivity contribution is 0.415. The summed E-state index contributed by atoms with van der Waals surface area (Å²) in [6.45, 7) is 3.62. The number of anilines is 1. The molecule has 6 heteroatoms. The lowest BCUT2D eigenvalue weighted by Crippen LogP contribution is -2.21. The number of benzene rings is 2. The van der Waals surface area contributed by atoms with Crippen molar-refractivity contribution in [3.63, 3.8) is 0 Å². The average molecular weight is 382 g/mol. The van der Waals surface area contributed by atoms with Gasteiger partial charge in [-0.25, -0.2) is 8.42 Å². The SMILES string of the molecule is COc1ccc2ncc(S(=O)(=O)c3ccc(C)cc3)c(N3CCCC3)c2c1. The molecule has 0 spiro atoms. The summed E-state index contributed by atoms with van der Waals surface area (Å²) >= 11 is 0. The Labute approximate surface area is 159 Å². The number of fused-ring (bicyclic) bond motifs is 1. The van der Waals surface area contributed by atoms with Gasteiger partial charge >= 0.3 is 0 Å². The van der Waals surface area contributed by atoms with Gasteiger partial charge in [0, 0.05) is 24.7 Å². The topological polar surface area (TPSA) is 59.5 Å². The van der Waals surface area contributed by atoms with E-state index in [1.54, 1.807) is 19.2 Å². The third-order valence-corrected chi connectivity index (χ3v) is 6.83. The van der Waals surface area contributed by atoms with Crippen LogP contribution in [0.25, 0.3) is 10.9 Å². The van der Waals surface area contributed by atoms with Crippen LogP contribution in [-0.2, 0) is 9.84 Å². The standard InChI is InChI=1S/C21H22N2O3S/c1-15-5-8-17(9-6-15)27(24,25)20-14-22-19-10-7-16(26-2)13-18(19)21(20)23-11-3-4-12-23/h5-10,13-14H,3-4,11-12H2,1-2H3. The number of hydrogen-bond acceptors (Lipinski definition) is 5. The number of rotatable bonds is 4. The normalized spacial score (nSPS) is 14.7. The molecule has 0 aliphatic carbocycles. The smallest absolute Gasteiger partial charge is 0.210 e. The highest BCUT2D eigenvalue weighted by Gasteiger charge is 2.28. The summed E-state index contributed by atoms with van der Waals surface area (Å²) < 4.78 is 32.2. The Bertz CT molecular complexity index is 1090. The van der Waals surface area contributed by atoms with Gasteiger partial charge in [-0.15, -0.1) is 0 Å². The van der Waals surface area contributed by atoms with Crippen LogP contribution in [0.5, 0.6) is 5.75 Å². The zero-order valence-corrected chi connectivity index (χ0v) is 16.3. The van der Waals surface area contributed by atoms with Crippen molar-refractivity contribution in [3.8, 4) is 5.75 Å². The first-order chi connectivity index (χ1) is 13.0. The summed E-state index contributed by atoms with van der Waals surface area (Å²) in [5.74, 6) is 0.689. The van der Waals surface area contributed by atoms with Crippen molar-refractivity contribution >= 4 is 26.4 Å². The number of nitrogens with zero attached hydrogens (tertiary/aromatic N) is 2. The van der Waals surface area contributed by atoms with Crippen molar-refractivity contribution in [2.24, 2.45) is 0 Å². The molecule has 1 fully saturated rings. The predicted octanol–water partition coefficient (Wildman–Crippen LogP) is 3.98. The van der Waals surface area contributed by atoms with Crippen LogP contribution < -0.4 is 9.64 Å². The Morgan fingerprint density at radius 1 is 1.04 bits per heavy atom. The third-order valence-electron chi connectivity index (χ3n) is 5.06. The maximum atomic E-state index is 13.4. The van der Waals surface area contributed by atoms with Crippen LogP contribution in [0, 0.1) is 6.92 Å². The Balaban J connectivity index is 1.99. The van der Waals surface area contributed by atoms with Crippen LogP contribution in [0.3, 0.4) is 0 Å². The van der Waals surface area contributed by atoms with Crippen LogP contribution in [0.4, 0.5) is 5.69 Å². The first-order valence-corrected chi connectivity index (χ1v) is 10.5. The minimum atomic E-state index is -3.68. The highest BCUT2D eigenvalue weighted by atomic mass is 32.2. The summed E-state index contributed by atoms with van der Waals surface area (Å²) in [7, 11) is -2.07. The Morgan fingerprint density at radius 2 is 1.74 bits per heavy atom. The minimum absolute atomic E-state index is 0.258. The van der Waals surface area contributed by atoms with Gasteiger partial charge in [0.15, 0.2) is 0 Å². The van der Waals surface area contributed by atoms with Gasteiger partial charge in [0.25, 0.3) is 0 Å². The highest BCUT2D eigenvalue weighted by molar-refractivity contribution is 7.91. The van der Waals surface area contributed by atoms with Gasteiger partial charge in [0.1, 0.15) is 10.6 Å². The first kappa shape index (κ1) is 17.8. The Morgan fingerprint density at radius 3 is 2.41 bits per heavy atom. The summed E-state index contributed by atoms with van der Waals surface area (Å²) in [6, 6.07) is 12.6. The molecule has 1 saturated heterocycles. The maximum Gasteiger partial charge on any atom is 0.210 e. The van der Waals surface area contributed by atoms with E-state index in [4.69, 9.17) is 4.74 Å². The molecule has 0 saturated carbocycles. The molecule has 0 radical (unpaired) electrons. The minimum Gasteiger partial charge on any atom is -0.497 e. The van der Waals surface area contributed by atoms with Crippen molar-refractivity contribution in [2.45, 2.75) is 29.6 Å². The first-order valence-electron chi connectivity index (χ1n) is 9.04. The van der Waals surface area contributed by atoms with Gasteiger partial charge < -0.3 is 9.64 Å². The maximum absolute atomic E-state index is 13.4. The molecule has 3 aromatic rings. The number of pyridine rings is 1. The fourth-order valence-electron chi connectivity index (χ4n) is 3.57. The number of aromatic nitrogens is 1. The van der Waals surface area contributed by atoms with E-state index in [0.29, 0.717) is 5.75 Å². The number of hydrogen-bond donors (Lipinski definition) is 0. The summed E-state index contributed by atoms with van der Waals surface area (Å²) in [4.78, 5) is 7.14. The molecule has 4 rings (SSSR count). The molecule has 2 aromatic carbocycles. The van der Waals surface area contributed by atoms with E-state index in [-0.39, 0.29) is 9.79 Å². The van der Waals surface area contributed by atoms with Crippen LogP contribution >= 0.6 is 0 Å². The highest BCUT2D eigenvalue weighted by Crippen LogP contribution is 2.38. The second-order valence-electron chi connectivity index (χ2n) is 6.86. The van der Waals surface area contributed by atoms with Crippen molar-refractivity contribution in [3.05, 3.63) is 54.2 Å². The van der Waals surface area contributed by atoms with Gasteiger partial charge in [-0.05, 0) is 50.1 Å². The van der Waals surface area contributed by atoms with E-state index in [2.05, 4.69) is 9.88 Å². The zero-order valence-electron chi connectivity index (χ0n) is 15.5. The fourth-order valence-corrected chi connectivity index (χ4v) is 5.01. The third kappa shape index (κ3) is 3.14. The second-order valence-corrected chi connectivity index (χ2v) is 8.78. The number of ether oxygens (including phenoxy) is 1. The number of sulfone groups is 1. The molecule has 1 aliphatic rings. The van der Waals surface area contributed by atoms with E-state index in [9.17, 15) is 8.42 Å². The van der Waals surface area contributed by atoms with E-state index in [1.165, 1.54) is 6.20 Å². The van der Waals surface area contributed by atoms with Gasteiger partial charge in [-0.1, -0.05) is 17.7 Å². The molecule has 5 nitrogen and oxygen atoms in total. The predicted molar refractivity (Wildman–Crippen MR) is 106 cm³/mol. The Kier molecular flexibility index (Phi) is 4.52. The van der Waals surface area contributed by atoms with Crippen molar-refractivity contribution in [1.29, 1.82) is 0 Å². The molecule has 140 valence electrons. The van der Waals surface area contributed by atoms with E-state index >= 15 is 0 Å². The van der Waals surface area contributed by atoms with Gasteiger partial charge in [0.05, 0.1) is 23.2 Å². The van der Waals surface area contributed by atoms with Gasteiger partial charge in [0.2, 0.25) is 9.84 Å². The molecule has 1 aromatic heterocycles. The van der Waals surface area contributed by atoms with Crippen molar-refractivity contribution in [1.82, 2.24) is 4.98 Å². The quantitative estimate of drug-likeness (QED) is 0.683. The number of methoxy groups -OCH3 is 1. The lowest BCUT2D eigenvalue weighted by atomic mass is 10.1. The van der Waals surface area contributed by atoms with E-state index < -0.39 is 9.84 Å². The molecule has 0 N–H and O–H groups in total. The van der Waals surface area contributed by atoms with Gasteiger partial charge in [-0.3, -0.25) is 4.98 Å². The van der Waals surface area contributed by atoms with E-state index in [0.717, 1.165) is 48.1 Å². The van der Waals surface area contributed by atoms with Crippen LogP contribution in [0.1, 0.15) is 18.4 Å². The van der Waals surface area contributed by atoms with E-state index in [1.807, 2.05) is 37.3 Å². The van der Waals surface area contributed by atoms with Crippen LogP contribution in [0.2, 0.25) is 0 Å². The lowest BCUT2D eigenvalue weighted by Gasteiger charge is -2.23. The van der Waals surface area contributed by atoms with Crippen molar-refractivity contribution < 1.29 is 13.2 Å². The molecule has 0 amide bonds. The molecule has 2 heterocycles. The molecule has 0 bridgehead atoms. The fraction of sp³-hybridized carbons (Fsp3) is 0.286. The molecule has 27 heavy (non-hydrogen) atoms. The van der Waals surface area contributed by atoms with Crippen molar-refractivity contribution in [2.75, 3.05) is 25.1 Å². The van der Waals surface area contributed by atoms with Crippen LogP contribution in [0.15, 0.2) is 58.5 Å². The largest absolute Gasteiger partial charge is 0.497 e. The number of aryl methyl sites for hydroxylation is 1. The van der Waals surface area contributed by atoms with Gasteiger partial charge in [-0.2, -0.15) is 0 Å². The average Bonchev–Trinajstić information content (AvgIpc) is 3.21. The molecule has 0 atom stereocenters. The summed E-state index contributed by atoms with van der Waals surface area (Å²) in [5.41, 5.74) is 2.52. The molecular formula is C21H22N2O3S. The molecule has 1 aliphatic heterocycles. The summed E-state index contributed by atoms with van der Waals surface area (Å²) in [6.07, 6.45) is 3.60. The summed E-state index contributed by atoms with van der Waals surface area (Å²) in [5, 5.41) is 0.810. The second kappa shape index (κ2) is 6.85. The monoisotopic (exact) mass is 382 g/mol. The van der Waals surface area contributed by atoms with Crippen LogP contribution in [-0.4, -0.2) is 33.6 Å². The molecule has 0 unspecified atom stereocenters. The Hall–Kier alpha value is -2.60. The molecular weight excluding hydrogens is 360 g/mol.